The van der Waals surface area contributed by atoms with Crippen molar-refractivity contribution in [3.8, 4) is 0 Å². The molecule has 3 unspecified atom stereocenters. The Bertz CT molecular complexity index is 1150. The number of unbranched alkanes of at least 4 members (excludes halogenated alkanes) is 16. The third kappa shape index (κ3) is 39.9. The molecule has 0 saturated carbocycles. The molecule has 3 atom stereocenters. The second-order valence-electron chi connectivity index (χ2n) is 14.5. The minimum Gasteiger partial charge on any atom is -0.387 e. The molecule has 0 bridgehead atoms. The van der Waals surface area contributed by atoms with E-state index in [-0.39, 0.29) is 32.1 Å². The number of nitrogens with two attached hydrogens (primary N) is 1. The minimum atomic E-state index is -4.37. The molecule has 0 fully saturated rings. The van der Waals surface area contributed by atoms with Gasteiger partial charge >= 0.3 is 7.82 Å². The average Bonchev–Trinajstić information content (AvgIpc) is 3.19. The Morgan fingerprint density at radius 2 is 1.04 bits per heavy atom. The van der Waals surface area contributed by atoms with Crippen LogP contribution in [0.3, 0.4) is 0 Å². The number of amides is 1. The molecule has 0 aliphatic rings. The standard InChI is InChI=1S/C47H83N2O6P/c1-3-5-7-9-11-13-15-17-19-21-23-25-27-29-31-33-35-37-39-41-47(51)49-45(44-55-56(52,53)54-43-42-48)46(50)40-38-36-34-32-30-28-26-24-22-20-18-16-14-12-10-8-6-4-2/h5,7,11,13,17,19,23,25,29,31,35,37-38,40,45-46,50H,3-4,6,8-10,12,14-16,18,20-22,24,26-28,30,32-34,36,39,41-44,48H2,1-2H3,(H,49,51)(H,52,53)/b7-5-,13-11-,19-17-,25-23-,31-29-,37-35-,40-38+. The number of allylic oxidation sites excluding steroid dienone is 13. The highest BCUT2D eigenvalue weighted by atomic mass is 31.2. The fraction of sp³-hybridized carbons (Fsp3) is 0.681. The number of carbonyl (C=O) groups excluding carboxylic acids is 1. The quantitative estimate of drug-likeness (QED) is 0.0276. The van der Waals surface area contributed by atoms with Crippen molar-refractivity contribution < 1.29 is 28.4 Å². The van der Waals surface area contributed by atoms with Crippen molar-refractivity contribution in [2.24, 2.45) is 5.73 Å². The average molecular weight is 803 g/mol. The summed E-state index contributed by atoms with van der Waals surface area (Å²) >= 11 is 0. The molecule has 0 radical (unpaired) electrons. The van der Waals surface area contributed by atoms with Crippen LogP contribution < -0.4 is 11.1 Å². The summed E-state index contributed by atoms with van der Waals surface area (Å²) in [6, 6.07) is -0.906. The molecule has 5 N–H and O–H groups in total. The molecular weight excluding hydrogens is 719 g/mol. The van der Waals surface area contributed by atoms with E-state index in [0.29, 0.717) is 6.42 Å². The summed E-state index contributed by atoms with van der Waals surface area (Å²) in [5.41, 5.74) is 5.37. The van der Waals surface area contributed by atoms with Gasteiger partial charge in [0.1, 0.15) is 0 Å². The molecule has 56 heavy (non-hydrogen) atoms. The molecule has 0 aromatic carbocycles. The highest BCUT2D eigenvalue weighted by molar-refractivity contribution is 7.47. The summed E-state index contributed by atoms with van der Waals surface area (Å²) in [5, 5.41) is 13.6. The van der Waals surface area contributed by atoms with Crippen molar-refractivity contribution in [1.82, 2.24) is 5.32 Å². The summed E-state index contributed by atoms with van der Waals surface area (Å²) in [4.78, 5) is 22.7. The Hall–Kier alpha value is -2.32. The van der Waals surface area contributed by atoms with E-state index in [0.717, 1.165) is 57.8 Å². The first-order valence-electron chi connectivity index (χ1n) is 22.2. The number of phosphoric acid groups is 1. The summed E-state index contributed by atoms with van der Waals surface area (Å²) in [5.74, 6) is -0.279. The molecule has 8 nitrogen and oxygen atoms in total. The zero-order valence-electron chi connectivity index (χ0n) is 35.6. The SMILES string of the molecule is CC/C=C\C/C=C\C/C=C\C/C=C\C/C=C\C/C=C\CCC(=O)NC(COP(=O)(O)OCCN)C(O)/C=C/CCCCCCCCCCCCCCCCCC. The topological polar surface area (TPSA) is 131 Å². The number of carbonyl (C=O) groups is 1. The molecule has 0 saturated heterocycles. The first-order valence-corrected chi connectivity index (χ1v) is 23.7. The lowest BCUT2D eigenvalue weighted by Gasteiger charge is -2.23. The predicted octanol–water partition coefficient (Wildman–Crippen LogP) is 12.6. The monoisotopic (exact) mass is 803 g/mol. The maximum atomic E-state index is 12.7. The Kier molecular flexibility index (Phi) is 40.5. The van der Waals surface area contributed by atoms with Gasteiger partial charge in [0.25, 0.3) is 0 Å². The number of rotatable bonds is 40. The predicted molar refractivity (Wildman–Crippen MR) is 239 cm³/mol. The van der Waals surface area contributed by atoms with Gasteiger partial charge in [0.15, 0.2) is 0 Å². The summed E-state index contributed by atoms with van der Waals surface area (Å²) in [7, 11) is -4.37. The van der Waals surface area contributed by atoms with Crippen LogP contribution in [0, 0.1) is 0 Å². The van der Waals surface area contributed by atoms with Gasteiger partial charge in [-0.3, -0.25) is 13.8 Å². The van der Waals surface area contributed by atoms with Crippen LogP contribution in [0.1, 0.15) is 174 Å². The maximum absolute atomic E-state index is 12.7. The molecule has 1 amide bonds. The van der Waals surface area contributed by atoms with Gasteiger partial charge in [0.05, 0.1) is 25.4 Å². The van der Waals surface area contributed by atoms with Crippen LogP contribution in [0.2, 0.25) is 0 Å². The molecule has 9 heteroatoms. The smallest absolute Gasteiger partial charge is 0.387 e. The number of hydrogen-bond donors (Lipinski definition) is 4. The molecule has 0 aromatic heterocycles. The van der Waals surface area contributed by atoms with E-state index in [4.69, 9.17) is 14.8 Å². The fourth-order valence-electron chi connectivity index (χ4n) is 5.92. The third-order valence-electron chi connectivity index (χ3n) is 9.24. The van der Waals surface area contributed by atoms with Gasteiger partial charge in [-0.25, -0.2) is 4.57 Å². The van der Waals surface area contributed by atoms with Crippen LogP contribution >= 0.6 is 7.82 Å². The van der Waals surface area contributed by atoms with Gasteiger partial charge < -0.3 is 21.1 Å². The van der Waals surface area contributed by atoms with E-state index in [1.807, 2.05) is 18.2 Å². The van der Waals surface area contributed by atoms with Crippen molar-refractivity contribution >= 4 is 13.7 Å². The third-order valence-corrected chi connectivity index (χ3v) is 10.2. The van der Waals surface area contributed by atoms with Crippen molar-refractivity contribution in [3.05, 3.63) is 85.1 Å². The lowest BCUT2D eigenvalue weighted by Crippen LogP contribution is -2.45. The normalized spacial score (nSPS) is 14.9. The summed E-state index contributed by atoms with van der Waals surface area (Å²) < 4.78 is 22.1. The van der Waals surface area contributed by atoms with Crippen LogP contribution in [0.25, 0.3) is 0 Å². The zero-order chi connectivity index (χ0) is 41.1. The Morgan fingerprint density at radius 3 is 1.48 bits per heavy atom. The van der Waals surface area contributed by atoms with Gasteiger partial charge in [-0.15, -0.1) is 0 Å². The fourth-order valence-corrected chi connectivity index (χ4v) is 6.68. The van der Waals surface area contributed by atoms with Gasteiger partial charge in [0, 0.05) is 13.0 Å². The first kappa shape index (κ1) is 53.7. The lowest BCUT2D eigenvalue weighted by molar-refractivity contribution is -0.122. The number of aliphatic hydroxyl groups is 1. The molecule has 0 aliphatic heterocycles. The van der Waals surface area contributed by atoms with Crippen LogP contribution in [0.15, 0.2) is 85.1 Å². The summed E-state index contributed by atoms with van der Waals surface area (Å²) in [6.07, 6.45) is 56.5. The van der Waals surface area contributed by atoms with Gasteiger partial charge in [-0.2, -0.15) is 0 Å². The number of nitrogens with one attached hydrogen (secondary N) is 1. The Balaban J connectivity index is 4.36. The van der Waals surface area contributed by atoms with E-state index in [1.165, 1.54) is 89.9 Å². The second kappa shape index (κ2) is 42.3. The zero-order valence-corrected chi connectivity index (χ0v) is 36.5. The Morgan fingerprint density at radius 1 is 0.607 bits per heavy atom. The van der Waals surface area contributed by atoms with E-state index in [9.17, 15) is 19.4 Å². The van der Waals surface area contributed by atoms with Crippen LogP contribution in [-0.2, 0) is 18.4 Å². The van der Waals surface area contributed by atoms with Gasteiger partial charge in [-0.05, 0) is 57.8 Å². The maximum Gasteiger partial charge on any atom is 0.472 e. The van der Waals surface area contributed by atoms with E-state index in [1.54, 1.807) is 6.08 Å². The number of phosphoric ester groups is 1. The van der Waals surface area contributed by atoms with E-state index < -0.39 is 20.0 Å². The number of hydrogen-bond acceptors (Lipinski definition) is 6. The molecule has 0 heterocycles. The van der Waals surface area contributed by atoms with Crippen molar-refractivity contribution in [3.63, 3.8) is 0 Å². The second-order valence-corrected chi connectivity index (χ2v) is 16.0. The van der Waals surface area contributed by atoms with Crippen LogP contribution in [-0.4, -0.2) is 47.8 Å². The summed E-state index contributed by atoms with van der Waals surface area (Å²) in [6.45, 7) is 3.95. The van der Waals surface area contributed by atoms with Crippen molar-refractivity contribution in [2.45, 2.75) is 187 Å². The molecule has 0 rings (SSSR count). The Labute approximate surface area is 343 Å². The molecular formula is C47H83N2O6P. The molecule has 0 spiro atoms. The highest BCUT2D eigenvalue weighted by Gasteiger charge is 2.26. The van der Waals surface area contributed by atoms with Crippen LogP contribution in [0.5, 0.6) is 0 Å². The molecule has 0 aromatic rings. The molecule has 0 aliphatic carbocycles. The first-order chi connectivity index (χ1) is 27.4. The van der Waals surface area contributed by atoms with Gasteiger partial charge in [0.2, 0.25) is 5.91 Å². The number of aliphatic hydroxyl groups excluding tert-OH is 1. The molecule has 322 valence electrons. The minimum absolute atomic E-state index is 0.0629. The van der Waals surface area contributed by atoms with Gasteiger partial charge in [-0.1, -0.05) is 195 Å². The lowest BCUT2D eigenvalue weighted by atomic mass is 10.0. The van der Waals surface area contributed by atoms with Crippen molar-refractivity contribution in [2.75, 3.05) is 19.8 Å². The largest absolute Gasteiger partial charge is 0.472 e. The van der Waals surface area contributed by atoms with E-state index >= 15 is 0 Å². The van der Waals surface area contributed by atoms with E-state index in [2.05, 4.69) is 79.9 Å². The highest BCUT2D eigenvalue weighted by Crippen LogP contribution is 2.43. The van der Waals surface area contributed by atoms with Crippen molar-refractivity contribution in [1.29, 1.82) is 0 Å². The van der Waals surface area contributed by atoms with Crippen LogP contribution in [0.4, 0.5) is 0 Å².